The predicted octanol–water partition coefficient (Wildman–Crippen LogP) is 2.60. The van der Waals surface area contributed by atoms with Crippen molar-refractivity contribution < 1.29 is 4.79 Å². The number of likely N-dealkylation sites (tertiary alicyclic amines) is 1. The van der Waals surface area contributed by atoms with Crippen LogP contribution in [-0.2, 0) is 6.54 Å². The van der Waals surface area contributed by atoms with Crippen molar-refractivity contribution in [2.45, 2.75) is 19.4 Å². The number of carbonyl (C=O) groups excluding carboxylic acids is 1. The van der Waals surface area contributed by atoms with Gasteiger partial charge in [0.1, 0.15) is 5.01 Å². The third kappa shape index (κ3) is 4.33. The Morgan fingerprint density at radius 2 is 2.08 bits per heavy atom. The van der Waals surface area contributed by atoms with Crippen LogP contribution in [0.5, 0.6) is 0 Å². The molecule has 0 saturated carbocycles. The molecule has 5 nitrogen and oxygen atoms in total. The molecule has 2 heterocycles. The molecule has 0 unspecified atom stereocenters. The van der Waals surface area contributed by atoms with E-state index in [0.717, 1.165) is 23.8 Å². The van der Waals surface area contributed by atoms with E-state index in [1.54, 1.807) is 11.3 Å². The molecule has 0 spiro atoms. The van der Waals surface area contributed by atoms with Gasteiger partial charge in [-0.05, 0) is 25.5 Å². The summed E-state index contributed by atoms with van der Waals surface area (Å²) in [6.45, 7) is 5.17. The average molecular weight is 344 g/mol. The highest BCUT2D eigenvalue weighted by atomic mass is 32.1. The number of amides is 2. The predicted molar refractivity (Wildman–Crippen MR) is 97.3 cm³/mol. The molecule has 2 atom stereocenters. The lowest BCUT2D eigenvalue weighted by molar-refractivity contribution is 0.238. The van der Waals surface area contributed by atoms with Gasteiger partial charge in [-0.25, -0.2) is 9.78 Å². The van der Waals surface area contributed by atoms with E-state index in [9.17, 15) is 4.79 Å². The molecule has 1 aliphatic heterocycles. The first-order valence-electron chi connectivity index (χ1n) is 8.28. The molecule has 1 saturated heterocycles. The zero-order chi connectivity index (χ0) is 16.9. The minimum absolute atomic E-state index is 0.121. The van der Waals surface area contributed by atoms with Crippen molar-refractivity contribution in [3.8, 4) is 0 Å². The first-order valence-corrected chi connectivity index (χ1v) is 9.16. The van der Waals surface area contributed by atoms with Gasteiger partial charge in [-0.3, -0.25) is 0 Å². The van der Waals surface area contributed by atoms with Crippen LogP contribution in [0.1, 0.15) is 22.2 Å². The summed E-state index contributed by atoms with van der Waals surface area (Å²) in [5.74, 6) is 0.906. The number of urea groups is 1. The third-order valence-electron chi connectivity index (χ3n) is 4.44. The number of likely N-dealkylation sites (N-methyl/N-ethyl adjacent to an activating group) is 1. The Morgan fingerprint density at radius 3 is 2.79 bits per heavy atom. The van der Waals surface area contributed by atoms with Crippen LogP contribution >= 0.6 is 11.3 Å². The molecule has 2 amide bonds. The summed E-state index contributed by atoms with van der Waals surface area (Å²) in [4.78, 5) is 18.7. The molecule has 0 radical (unpaired) electrons. The standard InChI is InChI=1S/C18H24N4OS/c1-13-12-24-17(21-13)9-20-18(23)19-8-15-10-22(2)11-16(15)14-6-4-3-5-7-14/h3-7,12,15-16H,8-11H2,1-2H3,(H2,19,20,23)/t15-,16+/m1/s1. The van der Waals surface area contributed by atoms with Crippen LogP contribution in [0.15, 0.2) is 35.7 Å². The van der Waals surface area contributed by atoms with Crippen LogP contribution in [-0.4, -0.2) is 42.6 Å². The molecule has 128 valence electrons. The van der Waals surface area contributed by atoms with E-state index >= 15 is 0 Å². The van der Waals surface area contributed by atoms with E-state index < -0.39 is 0 Å². The third-order valence-corrected chi connectivity index (χ3v) is 5.41. The molecular weight excluding hydrogens is 320 g/mol. The average Bonchev–Trinajstić information content (AvgIpc) is 3.17. The van der Waals surface area contributed by atoms with Gasteiger partial charge in [-0.15, -0.1) is 11.3 Å². The number of carbonyl (C=O) groups is 1. The molecule has 6 heteroatoms. The molecule has 2 N–H and O–H groups in total. The Balaban J connectivity index is 1.50. The van der Waals surface area contributed by atoms with E-state index in [2.05, 4.69) is 51.8 Å². The second kappa shape index (κ2) is 7.77. The van der Waals surface area contributed by atoms with Crippen molar-refractivity contribution >= 4 is 17.4 Å². The van der Waals surface area contributed by atoms with Gasteiger partial charge >= 0.3 is 6.03 Å². The highest BCUT2D eigenvalue weighted by Crippen LogP contribution is 2.31. The van der Waals surface area contributed by atoms with Gasteiger partial charge < -0.3 is 15.5 Å². The smallest absolute Gasteiger partial charge is 0.315 e. The molecule has 1 aromatic carbocycles. The number of nitrogens with zero attached hydrogens (tertiary/aromatic N) is 2. The summed E-state index contributed by atoms with van der Waals surface area (Å²) in [7, 11) is 2.14. The Hall–Kier alpha value is -1.92. The Morgan fingerprint density at radius 1 is 1.29 bits per heavy atom. The number of benzene rings is 1. The molecule has 24 heavy (non-hydrogen) atoms. The zero-order valence-electron chi connectivity index (χ0n) is 14.2. The van der Waals surface area contributed by atoms with E-state index in [4.69, 9.17) is 0 Å². The second-order valence-electron chi connectivity index (χ2n) is 6.44. The summed E-state index contributed by atoms with van der Waals surface area (Å²) in [6.07, 6.45) is 0. The first kappa shape index (κ1) is 16.9. The molecule has 1 aliphatic rings. The maximum absolute atomic E-state index is 12.0. The lowest BCUT2D eigenvalue weighted by atomic mass is 9.89. The van der Waals surface area contributed by atoms with Crippen molar-refractivity contribution in [1.82, 2.24) is 20.5 Å². The number of nitrogens with one attached hydrogen (secondary N) is 2. The maximum Gasteiger partial charge on any atom is 0.315 e. The largest absolute Gasteiger partial charge is 0.338 e. The number of aromatic nitrogens is 1. The second-order valence-corrected chi connectivity index (χ2v) is 7.39. The fraction of sp³-hybridized carbons (Fsp3) is 0.444. The number of aryl methyl sites for hydroxylation is 1. The Bertz CT molecular complexity index is 673. The highest BCUT2D eigenvalue weighted by molar-refractivity contribution is 7.09. The number of hydrogen-bond acceptors (Lipinski definition) is 4. The van der Waals surface area contributed by atoms with Crippen molar-refractivity contribution in [1.29, 1.82) is 0 Å². The van der Waals surface area contributed by atoms with E-state index in [1.807, 2.05) is 18.4 Å². The number of rotatable bonds is 5. The lowest BCUT2D eigenvalue weighted by Crippen LogP contribution is -2.39. The Labute approximate surface area is 147 Å². The van der Waals surface area contributed by atoms with Crippen molar-refractivity contribution in [3.63, 3.8) is 0 Å². The van der Waals surface area contributed by atoms with Crippen LogP contribution in [0.2, 0.25) is 0 Å². The zero-order valence-corrected chi connectivity index (χ0v) is 15.0. The van der Waals surface area contributed by atoms with Gasteiger partial charge in [0.25, 0.3) is 0 Å². The summed E-state index contributed by atoms with van der Waals surface area (Å²) in [5.41, 5.74) is 2.35. The highest BCUT2D eigenvalue weighted by Gasteiger charge is 2.31. The lowest BCUT2D eigenvalue weighted by Gasteiger charge is -2.19. The van der Waals surface area contributed by atoms with Gasteiger partial charge in [-0.1, -0.05) is 30.3 Å². The summed E-state index contributed by atoms with van der Waals surface area (Å²) in [5, 5.41) is 8.84. The summed E-state index contributed by atoms with van der Waals surface area (Å²) in [6, 6.07) is 10.5. The molecular formula is C18H24N4OS. The maximum atomic E-state index is 12.0. The fourth-order valence-electron chi connectivity index (χ4n) is 3.30. The van der Waals surface area contributed by atoms with Crippen LogP contribution in [0.25, 0.3) is 0 Å². The minimum atomic E-state index is -0.121. The van der Waals surface area contributed by atoms with Crippen LogP contribution in [0.3, 0.4) is 0 Å². The summed E-state index contributed by atoms with van der Waals surface area (Å²) >= 11 is 1.57. The van der Waals surface area contributed by atoms with Crippen molar-refractivity contribution in [2.75, 3.05) is 26.7 Å². The quantitative estimate of drug-likeness (QED) is 0.876. The topological polar surface area (TPSA) is 57.3 Å². The van der Waals surface area contributed by atoms with E-state index in [0.29, 0.717) is 24.9 Å². The molecule has 2 aromatic rings. The van der Waals surface area contributed by atoms with Crippen LogP contribution in [0.4, 0.5) is 4.79 Å². The minimum Gasteiger partial charge on any atom is -0.338 e. The summed E-state index contributed by atoms with van der Waals surface area (Å²) < 4.78 is 0. The van der Waals surface area contributed by atoms with E-state index in [1.165, 1.54) is 5.56 Å². The normalized spacial score (nSPS) is 20.9. The van der Waals surface area contributed by atoms with Crippen LogP contribution < -0.4 is 10.6 Å². The first-order chi connectivity index (χ1) is 11.6. The van der Waals surface area contributed by atoms with E-state index in [-0.39, 0.29) is 6.03 Å². The van der Waals surface area contributed by atoms with Gasteiger partial charge in [0.05, 0.1) is 6.54 Å². The molecule has 0 bridgehead atoms. The molecule has 1 aromatic heterocycles. The van der Waals surface area contributed by atoms with Gasteiger partial charge in [0, 0.05) is 36.6 Å². The van der Waals surface area contributed by atoms with Gasteiger partial charge in [-0.2, -0.15) is 0 Å². The van der Waals surface area contributed by atoms with Gasteiger partial charge in [0.2, 0.25) is 0 Å². The van der Waals surface area contributed by atoms with Crippen molar-refractivity contribution in [2.24, 2.45) is 5.92 Å². The number of hydrogen-bond donors (Lipinski definition) is 2. The number of thiazole rings is 1. The SMILES string of the molecule is Cc1csc(CNC(=O)NC[C@@H]2CN(C)C[C@H]2c2ccccc2)n1. The molecule has 1 fully saturated rings. The molecule has 0 aliphatic carbocycles. The van der Waals surface area contributed by atoms with Crippen LogP contribution in [0, 0.1) is 12.8 Å². The molecule has 3 rings (SSSR count). The Kier molecular flexibility index (Phi) is 5.48. The fourth-order valence-corrected chi connectivity index (χ4v) is 4.01. The monoisotopic (exact) mass is 344 g/mol. The van der Waals surface area contributed by atoms with Gasteiger partial charge in [0.15, 0.2) is 0 Å². The van der Waals surface area contributed by atoms with Crippen molar-refractivity contribution in [3.05, 3.63) is 52.0 Å².